The Balaban J connectivity index is 1.85. The van der Waals surface area contributed by atoms with Gasteiger partial charge in [0.2, 0.25) is 10.0 Å². The number of sulfonamides is 1. The summed E-state index contributed by atoms with van der Waals surface area (Å²) >= 11 is 1.42. The molecule has 4 rings (SSSR count). The first-order chi connectivity index (χ1) is 12.9. The summed E-state index contributed by atoms with van der Waals surface area (Å²) in [4.78, 5) is 12.2. The molecule has 2 aromatic rings. The summed E-state index contributed by atoms with van der Waals surface area (Å²) in [5.41, 5.74) is 1.23. The average molecular weight is 402 g/mol. The summed E-state index contributed by atoms with van der Waals surface area (Å²) in [5, 5.41) is -0.157. The molecular formula is C20H19NO4S2. The van der Waals surface area contributed by atoms with Crippen LogP contribution in [0.25, 0.3) is 0 Å². The number of nitrogens with zero attached hydrogens (tertiary/aromatic N) is 1. The Morgan fingerprint density at radius 1 is 1.19 bits per heavy atom. The first-order valence-corrected chi connectivity index (χ1v) is 10.8. The van der Waals surface area contributed by atoms with Crippen LogP contribution in [0.4, 0.5) is 0 Å². The fraction of sp³-hybridized carbons (Fsp3) is 0.250. The summed E-state index contributed by atoms with van der Waals surface area (Å²) in [6, 6.07) is 14.2. The van der Waals surface area contributed by atoms with Crippen molar-refractivity contribution < 1.29 is 17.9 Å². The molecule has 0 spiro atoms. The lowest BCUT2D eigenvalue weighted by Crippen LogP contribution is -2.52. The molecule has 27 heavy (non-hydrogen) atoms. The normalized spacial score (nSPS) is 24.7. The predicted molar refractivity (Wildman–Crippen MR) is 105 cm³/mol. The van der Waals surface area contributed by atoms with Gasteiger partial charge in [-0.05, 0) is 48.4 Å². The van der Waals surface area contributed by atoms with E-state index in [1.54, 1.807) is 30.3 Å². The molecule has 2 aliphatic heterocycles. The lowest BCUT2D eigenvalue weighted by atomic mass is 9.85. The van der Waals surface area contributed by atoms with Crippen molar-refractivity contribution in [3.8, 4) is 5.75 Å². The highest BCUT2D eigenvalue weighted by Crippen LogP contribution is 2.56. The number of rotatable bonds is 4. The number of fused-ring (bicyclic) bond motifs is 3. The zero-order valence-electron chi connectivity index (χ0n) is 15.0. The number of thioether (sulfide) groups is 1. The fourth-order valence-electron chi connectivity index (χ4n) is 3.77. The van der Waals surface area contributed by atoms with Crippen molar-refractivity contribution in [2.45, 2.75) is 29.2 Å². The zero-order valence-corrected chi connectivity index (χ0v) is 16.6. The number of hydrogen-bond acceptors (Lipinski definition) is 5. The van der Waals surface area contributed by atoms with Crippen LogP contribution in [0.3, 0.4) is 0 Å². The Hall–Kier alpha value is -2.09. The van der Waals surface area contributed by atoms with E-state index in [9.17, 15) is 13.2 Å². The Kier molecular flexibility index (Phi) is 4.41. The van der Waals surface area contributed by atoms with E-state index in [0.717, 1.165) is 17.4 Å². The number of benzene rings is 2. The molecular weight excluding hydrogens is 382 g/mol. The van der Waals surface area contributed by atoms with E-state index < -0.39 is 15.6 Å². The number of allylic oxidation sites excluding steroid dienone is 1. The molecule has 0 bridgehead atoms. The lowest BCUT2D eigenvalue weighted by Gasteiger charge is -2.45. The van der Waals surface area contributed by atoms with Crippen LogP contribution >= 0.6 is 11.8 Å². The summed E-state index contributed by atoms with van der Waals surface area (Å²) in [5.74, 6) is 0.599. The molecule has 2 atom stereocenters. The van der Waals surface area contributed by atoms with Crippen molar-refractivity contribution in [1.82, 2.24) is 4.31 Å². The number of methoxy groups -OCH3 is 1. The van der Waals surface area contributed by atoms with E-state index in [-0.39, 0.29) is 16.7 Å². The van der Waals surface area contributed by atoms with Gasteiger partial charge in [-0.1, -0.05) is 24.3 Å². The van der Waals surface area contributed by atoms with E-state index >= 15 is 0 Å². The highest BCUT2D eigenvalue weighted by molar-refractivity contribution is 8.04. The minimum absolute atomic E-state index is 0.157. The van der Waals surface area contributed by atoms with Gasteiger partial charge in [-0.2, -0.15) is 4.31 Å². The minimum atomic E-state index is -3.77. The molecule has 2 unspecified atom stereocenters. The van der Waals surface area contributed by atoms with Crippen LogP contribution in [0.2, 0.25) is 0 Å². The second-order valence-electron chi connectivity index (χ2n) is 6.77. The highest BCUT2D eigenvalue weighted by atomic mass is 32.2. The first-order valence-electron chi connectivity index (χ1n) is 8.49. The van der Waals surface area contributed by atoms with E-state index in [1.807, 2.05) is 31.2 Å². The van der Waals surface area contributed by atoms with Crippen LogP contribution in [-0.4, -0.2) is 31.7 Å². The molecule has 0 aromatic heterocycles. The molecule has 140 valence electrons. The monoisotopic (exact) mass is 401 g/mol. The Bertz CT molecular complexity index is 1030. The Labute approximate surface area is 163 Å². The van der Waals surface area contributed by atoms with Gasteiger partial charge in [-0.25, -0.2) is 8.42 Å². The van der Waals surface area contributed by atoms with Crippen LogP contribution in [0, 0.1) is 0 Å². The third-order valence-electron chi connectivity index (χ3n) is 5.17. The van der Waals surface area contributed by atoms with Crippen molar-refractivity contribution >= 4 is 28.1 Å². The fourth-order valence-corrected chi connectivity index (χ4v) is 6.99. The maximum absolute atomic E-state index is 13.5. The molecule has 0 amide bonds. The number of carbonyl (C=O) groups excluding carboxylic acids is 1. The van der Waals surface area contributed by atoms with E-state index in [1.165, 1.54) is 23.2 Å². The quantitative estimate of drug-likeness (QED) is 0.734. The second-order valence-corrected chi connectivity index (χ2v) is 9.82. The first kappa shape index (κ1) is 18.3. The number of aldehydes is 1. The number of carbonyl (C=O) groups is 1. The molecule has 0 saturated carbocycles. The molecule has 7 heteroatoms. The zero-order chi connectivity index (χ0) is 19.2. The lowest BCUT2D eigenvalue weighted by molar-refractivity contribution is -0.104. The maximum Gasteiger partial charge on any atom is 0.244 e. The van der Waals surface area contributed by atoms with Crippen LogP contribution in [0.1, 0.15) is 23.3 Å². The largest absolute Gasteiger partial charge is 0.497 e. The molecule has 0 saturated heterocycles. The highest BCUT2D eigenvalue weighted by Gasteiger charge is 2.52. The SMILES string of the molecule is COc1ccc(S(=O)(=O)N2Cc3ccccc3C3SC(C=O)=CC32C)cc1. The summed E-state index contributed by atoms with van der Waals surface area (Å²) < 4.78 is 33.6. The molecule has 0 radical (unpaired) electrons. The van der Waals surface area contributed by atoms with Crippen molar-refractivity contribution in [2.24, 2.45) is 0 Å². The van der Waals surface area contributed by atoms with Gasteiger partial charge in [-0.15, -0.1) is 11.8 Å². The maximum atomic E-state index is 13.5. The van der Waals surface area contributed by atoms with Crippen molar-refractivity contribution in [3.05, 3.63) is 70.6 Å². The molecule has 2 aromatic carbocycles. The van der Waals surface area contributed by atoms with Crippen LogP contribution in [0.15, 0.2) is 64.4 Å². The van der Waals surface area contributed by atoms with Gasteiger partial charge in [0.1, 0.15) is 5.75 Å². The number of ether oxygens (including phenoxy) is 1. The third kappa shape index (κ3) is 2.81. The molecule has 0 N–H and O–H groups in total. The third-order valence-corrected chi connectivity index (χ3v) is 8.60. The summed E-state index contributed by atoms with van der Waals surface area (Å²) in [6.07, 6.45) is 2.58. The Morgan fingerprint density at radius 3 is 2.56 bits per heavy atom. The van der Waals surface area contributed by atoms with Crippen LogP contribution in [0.5, 0.6) is 5.75 Å². The summed E-state index contributed by atoms with van der Waals surface area (Å²) in [6.45, 7) is 2.15. The van der Waals surface area contributed by atoms with E-state index in [4.69, 9.17) is 4.74 Å². The van der Waals surface area contributed by atoms with Gasteiger partial charge >= 0.3 is 0 Å². The van der Waals surface area contributed by atoms with Gasteiger partial charge in [0.15, 0.2) is 6.29 Å². The Morgan fingerprint density at radius 2 is 1.89 bits per heavy atom. The topological polar surface area (TPSA) is 63.7 Å². The van der Waals surface area contributed by atoms with Crippen molar-refractivity contribution in [3.63, 3.8) is 0 Å². The van der Waals surface area contributed by atoms with Gasteiger partial charge < -0.3 is 4.74 Å². The standard InChI is InChI=1S/C20H19NO4S2/c1-20-11-16(13-22)26-19(20)18-6-4-3-5-14(18)12-21(20)27(23,24)17-9-7-15(25-2)8-10-17/h3-11,13,19H,12H2,1-2H3. The van der Waals surface area contributed by atoms with Crippen molar-refractivity contribution in [2.75, 3.05) is 7.11 Å². The molecule has 0 aliphatic carbocycles. The van der Waals surface area contributed by atoms with E-state index in [0.29, 0.717) is 10.7 Å². The number of hydrogen-bond donors (Lipinski definition) is 0. The van der Waals surface area contributed by atoms with Gasteiger partial charge in [-0.3, -0.25) is 4.79 Å². The van der Waals surface area contributed by atoms with Crippen LogP contribution < -0.4 is 4.74 Å². The van der Waals surface area contributed by atoms with Gasteiger partial charge in [0, 0.05) is 11.4 Å². The van der Waals surface area contributed by atoms with Crippen molar-refractivity contribution in [1.29, 1.82) is 0 Å². The summed E-state index contributed by atoms with van der Waals surface area (Å²) in [7, 11) is -2.23. The molecule has 2 heterocycles. The van der Waals surface area contributed by atoms with E-state index in [2.05, 4.69) is 0 Å². The smallest absolute Gasteiger partial charge is 0.244 e. The van der Waals surface area contributed by atoms with Crippen LogP contribution in [-0.2, 0) is 21.4 Å². The predicted octanol–water partition coefficient (Wildman–Crippen LogP) is 3.53. The molecule has 5 nitrogen and oxygen atoms in total. The van der Waals surface area contributed by atoms with Gasteiger partial charge in [0.05, 0.1) is 22.8 Å². The molecule has 0 fully saturated rings. The molecule has 2 aliphatic rings. The second kappa shape index (κ2) is 6.51. The average Bonchev–Trinajstić information content (AvgIpc) is 3.05. The van der Waals surface area contributed by atoms with Gasteiger partial charge in [0.25, 0.3) is 0 Å². The minimum Gasteiger partial charge on any atom is -0.497 e.